The molecule has 2 heterocycles. The number of rotatable bonds is 3. The lowest BCUT2D eigenvalue weighted by atomic mass is 9.86. The van der Waals surface area contributed by atoms with Crippen LogP contribution in [-0.2, 0) is 0 Å². The van der Waals surface area contributed by atoms with Gasteiger partial charge < -0.3 is 14.8 Å². The Labute approximate surface area is 152 Å². The summed E-state index contributed by atoms with van der Waals surface area (Å²) in [7, 11) is 1.52. The second-order valence-electron chi connectivity index (χ2n) is 6.83. The second kappa shape index (κ2) is 6.82. The standard InChI is InChI=1S/C19H22N4O3/c1-25-17-10-16(20-12-21-17)23-18(24)22-14-11-19(8-4-5-9-19)26-15-7-3-2-6-13(14)15/h2-3,6-7,10,12,14H,4-5,8-9,11H2,1H3,(H2,20,21,22,23,24). The summed E-state index contributed by atoms with van der Waals surface area (Å²) in [5.74, 6) is 1.66. The topological polar surface area (TPSA) is 85.4 Å². The van der Waals surface area contributed by atoms with Crippen molar-refractivity contribution in [3.63, 3.8) is 0 Å². The largest absolute Gasteiger partial charge is 0.487 e. The summed E-state index contributed by atoms with van der Waals surface area (Å²) in [6.45, 7) is 0. The number of aromatic nitrogens is 2. The van der Waals surface area contributed by atoms with Gasteiger partial charge in [0.2, 0.25) is 5.88 Å². The van der Waals surface area contributed by atoms with E-state index in [1.165, 1.54) is 26.3 Å². The van der Waals surface area contributed by atoms with Crippen LogP contribution in [0.1, 0.15) is 43.7 Å². The lowest BCUT2D eigenvalue weighted by Crippen LogP contribution is -2.44. The van der Waals surface area contributed by atoms with Crippen LogP contribution in [0.25, 0.3) is 0 Å². The predicted octanol–water partition coefficient (Wildman–Crippen LogP) is 3.44. The Morgan fingerprint density at radius 2 is 2.08 bits per heavy atom. The van der Waals surface area contributed by atoms with Crippen LogP contribution in [-0.4, -0.2) is 28.7 Å². The van der Waals surface area contributed by atoms with Crippen LogP contribution in [0.15, 0.2) is 36.7 Å². The molecule has 2 aliphatic rings. The molecule has 1 atom stereocenters. The first-order chi connectivity index (χ1) is 12.7. The van der Waals surface area contributed by atoms with E-state index in [1.54, 1.807) is 6.07 Å². The zero-order valence-electron chi connectivity index (χ0n) is 14.7. The van der Waals surface area contributed by atoms with Crippen molar-refractivity contribution in [3.8, 4) is 11.6 Å². The number of amides is 2. The molecule has 2 aromatic rings. The van der Waals surface area contributed by atoms with Crippen molar-refractivity contribution in [1.82, 2.24) is 15.3 Å². The Morgan fingerprint density at radius 3 is 2.88 bits per heavy atom. The average Bonchev–Trinajstić information content (AvgIpc) is 3.09. The molecule has 0 saturated heterocycles. The van der Waals surface area contributed by atoms with E-state index in [1.807, 2.05) is 24.3 Å². The molecule has 1 saturated carbocycles. The Morgan fingerprint density at radius 1 is 1.27 bits per heavy atom. The SMILES string of the molecule is COc1cc(NC(=O)NC2CC3(CCCC3)Oc3ccccc32)ncn1. The zero-order valence-corrected chi connectivity index (χ0v) is 14.7. The summed E-state index contributed by atoms with van der Waals surface area (Å²) < 4.78 is 11.4. The van der Waals surface area contributed by atoms with Gasteiger partial charge in [-0.3, -0.25) is 5.32 Å². The minimum absolute atomic E-state index is 0.0956. The number of anilines is 1. The molecule has 1 spiro atoms. The van der Waals surface area contributed by atoms with Gasteiger partial charge in [0.25, 0.3) is 0 Å². The molecule has 7 heteroatoms. The number of para-hydroxylation sites is 1. The maximum atomic E-state index is 12.5. The number of urea groups is 1. The lowest BCUT2D eigenvalue weighted by molar-refractivity contribution is 0.0388. The molecule has 136 valence electrons. The van der Waals surface area contributed by atoms with Crippen molar-refractivity contribution in [2.75, 3.05) is 12.4 Å². The molecule has 2 amide bonds. The molecule has 4 rings (SSSR count). The van der Waals surface area contributed by atoms with Crippen molar-refractivity contribution in [3.05, 3.63) is 42.2 Å². The number of carbonyl (C=O) groups is 1. The summed E-state index contributed by atoms with van der Waals surface area (Å²) in [5, 5.41) is 5.83. The minimum atomic E-state index is -0.305. The van der Waals surface area contributed by atoms with E-state index in [0.29, 0.717) is 11.7 Å². The molecule has 1 aliphatic heterocycles. The first kappa shape index (κ1) is 16.6. The Kier molecular flexibility index (Phi) is 4.36. The fourth-order valence-electron chi connectivity index (χ4n) is 3.90. The molecule has 1 unspecified atom stereocenters. The summed E-state index contributed by atoms with van der Waals surface area (Å²) in [6, 6.07) is 9.11. The van der Waals surface area contributed by atoms with Gasteiger partial charge in [0.1, 0.15) is 23.5 Å². The predicted molar refractivity (Wildman–Crippen MR) is 96.4 cm³/mol. The van der Waals surface area contributed by atoms with Crippen LogP contribution in [0.5, 0.6) is 11.6 Å². The van der Waals surface area contributed by atoms with Gasteiger partial charge in [-0.05, 0) is 31.7 Å². The first-order valence-electron chi connectivity index (χ1n) is 8.89. The number of nitrogens with zero attached hydrogens (tertiary/aromatic N) is 2. The molecule has 2 N–H and O–H groups in total. The summed E-state index contributed by atoms with van der Waals surface area (Å²) in [5.41, 5.74) is 0.852. The van der Waals surface area contributed by atoms with Gasteiger partial charge in [-0.25, -0.2) is 14.8 Å². The molecule has 1 aromatic carbocycles. The second-order valence-corrected chi connectivity index (χ2v) is 6.83. The normalized spacial score (nSPS) is 20.1. The van der Waals surface area contributed by atoms with E-state index in [2.05, 4.69) is 20.6 Å². The molecule has 26 heavy (non-hydrogen) atoms. The van der Waals surface area contributed by atoms with Crippen LogP contribution in [0.4, 0.5) is 10.6 Å². The summed E-state index contributed by atoms with van der Waals surface area (Å²) in [4.78, 5) is 20.5. The molecule has 7 nitrogen and oxygen atoms in total. The third-order valence-corrected chi connectivity index (χ3v) is 5.11. The van der Waals surface area contributed by atoms with Crippen LogP contribution in [0, 0.1) is 0 Å². The number of hydrogen-bond donors (Lipinski definition) is 2. The number of fused-ring (bicyclic) bond motifs is 1. The average molecular weight is 354 g/mol. The van der Waals surface area contributed by atoms with Crippen molar-refractivity contribution >= 4 is 11.8 Å². The molecule has 1 aromatic heterocycles. The smallest absolute Gasteiger partial charge is 0.320 e. The van der Waals surface area contributed by atoms with Gasteiger partial charge in [-0.2, -0.15) is 0 Å². The molecule has 1 fully saturated rings. The van der Waals surface area contributed by atoms with Crippen LogP contribution in [0.2, 0.25) is 0 Å². The highest BCUT2D eigenvalue weighted by Crippen LogP contribution is 2.46. The number of nitrogens with one attached hydrogen (secondary N) is 2. The number of benzene rings is 1. The molecular weight excluding hydrogens is 332 g/mol. The highest BCUT2D eigenvalue weighted by molar-refractivity contribution is 5.88. The van der Waals surface area contributed by atoms with Gasteiger partial charge >= 0.3 is 6.03 Å². The lowest BCUT2D eigenvalue weighted by Gasteiger charge is -2.40. The number of methoxy groups -OCH3 is 1. The van der Waals surface area contributed by atoms with E-state index < -0.39 is 0 Å². The van der Waals surface area contributed by atoms with Gasteiger partial charge in [0.05, 0.1) is 13.2 Å². The maximum Gasteiger partial charge on any atom is 0.320 e. The fourth-order valence-corrected chi connectivity index (χ4v) is 3.90. The van der Waals surface area contributed by atoms with Crippen LogP contribution < -0.4 is 20.1 Å². The molecular formula is C19H22N4O3. The highest BCUT2D eigenvalue weighted by Gasteiger charge is 2.43. The van der Waals surface area contributed by atoms with Crippen molar-refractivity contribution < 1.29 is 14.3 Å². The molecule has 0 bridgehead atoms. The maximum absolute atomic E-state index is 12.5. The third-order valence-electron chi connectivity index (χ3n) is 5.11. The third kappa shape index (κ3) is 3.29. The van der Waals surface area contributed by atoms with E-state index in [0.717, 1.165) is 30.6 Å². The monoisotopic (exact) mass is 354 g/mol. The van der Waals surface area contributed by atoms with Gasteiger partial charge in [-0.15, -0.1) is 0 Å². The van der Waals surface area contributed by atoms with Gasteiger partial charge in [0, 0.05) is 18.1 Å². The van der Waals surface area contributed by atoms with Gasteiger partial charge in [0.15, 0.2) is 0 Å². The van der Waals surface area contributed by atoms with Gasteiger partial charge in [-0.1, -0.05) is 18.2 Å². The molecule has 1 aliphatic carbocycles. The van der Waals surface area contributed by atoms with Crippen LogP contribution in [0.3, 0.4) is 0 Å². The van der Waals surface area contributed by atoms with Crippen molar-refractivity contribution in [1.29, 1.82) is 0 Å². The number of hydrogen-bond acceptors (Lipinski definition) is 5. The number of ether oxygens (including phenoxy) is 2. The summed E-state index contributed by atoms with van der Waals surface area (Å²) in [6.07, 6.45) is 6.54. The van der Waals surface area contributed by atoms with Crippen LogP contribution >= 0.6 is 0 Å². The highest BCUT2D eigenvalue weighted by atomic mass is 16.5. The summed E-state index contributed by atoms with van der Waals surface area (Å²) >= 11 is 0. The fraction of sp³-hybridized carbons (Fsp3) is 0.421. The first-order valence-corrected chi connectivity index (χ1v) is 8.89. The minimum Gasteiger partial charge on any atom is -0.487 e. The molecule has 0 radical (unpaired) electrons. The van der Waals surface area contributed by atoms with Crippen molar-refractivity contribution in [2.45, 2.75) is 43.7 Å². The van der Waals surface area contributed by atoms with E-state index in [-0.39, 0.29) is 17.7 Å². The Hall–Kier alpha value is -2.83. The van der Waals surface area contributed by atoms with E-state index in [4.69, 9.17) is 9.47 Å². The number of carbonyl (C=O) groups excluding carboxylic acids is 1. The quantitative estimate of drug-likeness (QED) is 0.882. The Bertz CT molecular complexity index is 805. The van der Waals surface area contributed by atoms with E-state index in [9.17, 15) is 4.79 Å². The van der Waals surface area contributed by atoms with Crippen molar-refractivity contribution in [2.24, 2.45) is 0 Å². The van der Waals surface area contributed by atoms with E-state index >= 15 is 0 Å². The zero-order chi connectivity index (χ0) is 18.0. The Balaban J connectivity index is 1.51.